The van der Waals surface area contributed by atoms with Crippen LogP contribution in [0.5, 0.6) is 5.75 Å². The Bertz CT molecular complexity index is 886. The molecule has 0 bridgehead atoms. The number of ether oxygens (including phenoxy) is 1. The molecule has 4 rings (SSSR count). The highest BCUT2D eigenvalue weighted by molar-refractivity contribution is 6.02. The minimum atomic E-state index is 0.197. The van der Waals surface area contributed by atoms with Crippen molar-refractivity contribution in [3.8, 4) is 11.4 Å². The van der Waals surface area contributed by atoms with Crippen LogP contribution < -0.4 is 10.5 Å². The molecule has 0 amide bonds. The van der Waals surface area contributed by atoms with E-state index < -0.39 is 0 Å². The number of nitrogens with zero attached hydrogens (tertiary/aromatic N) is 4. The van der Waals surface area contributed by atoms with Crippen LogP contribution in [-0.2, 0) is 4.84 Å². The molecule has 7 heteroatoms. The molecule has 1 aromatic carbocycles. The summed E-state index contributed by atoms with van der Waals surface area (Å²) in [6.45, 7) is 4.07. The Morgan fingerprint density at radius 3 is 3.04 bits per heavy atom. The van der Waals surface area contributed by atoms with Crippen molar-refractivity contribution < 1.29 is 9.57 Å². The highest BCUT2D eigenvalue weighted by Crippen LogP contribution is 2.29. The molecule has 1 atom stereocenters. The molecule has 0 saturated carbocycles. The molecule has 3 heterocycles. The number of benzene rings is 1. The normalized spacial score (nSPS) is 20.9. The lowest BCUT2D eigenvalue weighted by Gasteiger charge is -2.39. The Morgan fingerprint density at radius 2 is 2.30 bits per heavy atom. The first-order chi connectivity index (χ1) is 13.2. The van der Waals surface area contributed by atoms with Crippen molar-refractivity contribution in [3.05, 3.63) is 47.6 Å². The molecule has 2 aliphatic heterocycles. The molecular weight excluding hydrogens is 342 g/mol. The smallest absolute Gasteiger partial charge is 0.171 e. The minimum absolute atomic E-state index is 0.197. The van der Waals surface area contributed by atoms with Crippen LogP contribution in [-0.4, -0.2) is 53.1 Å². The summed E-state index contributed by atoms with van der Waals surface area (Å²) in [7, 11) is 1.69. The van der Waals surface area contributed by atoms with Crippen LogP contribution in [0.25, 0.3) is 11.8 Å². The molecule has 1 aromatic heterocycles. The van der Waals surface area contributed by atoms with Crippen LogP contribution in [0.3, 0.4) is 0 Å². The predicted octanol–water partition coefficient (Wildman–Crippen LogP) is 2.34. The Labute approximate surface area is 159 Å². The Balaban J connectivity index is 1.66. The summed E-state index contributed by atoms with van der Waals surface area (Å²) in [6.07, 6.45) is 8.01. The average molecular weight is 367 g/mol. The van der Waals surface area contributed by atoms with Gasteiger partial charge in [0.25, 0.3) is 0 Å². The summed E-state index contributed by atoms with van der Waals surface area (Å²) in [4.78, 5) is 12.0. The van der Waals surface area contributed by atoms with Crippen molar-refractivity contribution in [1.29, 1.82) is 0 Å². The first-order valence-electron chi connectivity index (χ1n) is 9.26. The molecule has 2 aliphatic rings. The second kappa shape index (κ2) is 7.44. The van der Waals surface area contributed by atoms with E-state index in [-0.39, 0.29) is 6.04 Å². The van der Waals surface area contributed by atoms with Crippen LogP contribution in [0, 0.1) is 6.92 Å². The van der Waals surface area contributed by atoms with Crippen LogP contribution in [0.15, 0.2) is 41.5 Å². The van der Waals surface area contributed by atoms with Gasteiger partial charge in [-0.15, -0.1) is 0 Å². The van der Waals surface area contributed by atoms with E-state index in [0.29, 0.717) is 13.2 Å². The number of aromatic nitrogens is 2. The van der Waals surface area contributed by atoms with E-state index in [2.05, 4.69) is 33.2 Å². The first-order valence-corrected chi connectivity index (χ1v) is 9.26. The Hall–Kier alpha value is -2.80. The zero-order valence-corrected chi connectivity index (χ0v) is 15.8. The van der Waals surface area contributed by atoms with Gasteiger partial charge in [0.15, 0.2) is 5.84 Å². The van der Waals surface area contributed by atoms with Crippen LogP contribution in [0.4, 0.5) is 0 Å². The summed E-state index contributed by atoms with van der Waals surface area (Å²) < 4.78 is 7.59. The van der Waals surface area contributed by atoms with Gasteiger partial charge in [-0.1, -0.05) is 11.2 Å². The topological polar surface area (TPSA) is 77.9 Å². The second-order valence-electron chi connectivity index (χ2n) is 6.92. The molecule has 0 radical (unpaired) electrons. The number of piperidine rings is 1. The van der Waals surface area contributed by atoms with E-state index >= 15 is 0 Å². The van der Waals surface area contributed by atoms with Crippen molar-refractivity contribution in [2.24, 2.45) is 10.9 Å². The molecule has 7 nitrogen and oxygen atoms in total. The molecule has 1 fully saturated rings. The average Bonchev–Trinajstić information content (AvgIpc) is 3.13. The van der Waals surface area contributed by atoms with Gasteiger partial charge >= 0.3 is 0 Å². The molecule has 142 valence electrons. The third kappa shape index (κ3) is 3.42. The SMILES string of the molecule is COc1cc(C=C2CCCN3C2=NOC[C@@H]3CN)ccc1-n1cnc(C)c1. The number of hydrogen-bond donors (Lipinski definition) is 1. The quantitative estimate of drug-likeness (QED) is 0.897. The molecular formula is C20H25N5O2. The van der Waals surface area contributed by atoms with Crippen LogP contribution >= 0.6 is 0 Å². The second-order valence-corrected chi connectivity index (χ2v) is 6.92. The lowest BCUT2D eigenvalue weighted by molar-refractivity contribution is 0.0611. The van der Waals surface area contributed by atoms with Crippen molar-refractivity contribution in [2.75, 3.05) is 26.8 Å². The summed E-state index contributed by atoms with van der Waals surface area (Å²) in [6, 6.07) is 6.38. The molecule has 0 aliphatic carbocycles. The van der Waals surface area contributed by atoms with Gasteiger partial charge in [0.05, 0.1) is 30.9 Å². The van der Waals surface area contributed by atoms with Crippen LogP contribution in [0.1, 0.15) is 24.1 Å². The van der Waals surface area contributed by atoms with Crippen molar-refractivity contribution in [3.63, 3.8) is 0 Å². The maximum Gasteiger partial charge on any atom is 0.171 e. The van der Waals surface area contributed by atoms with E-state index in [1.807, 2.05) is 23.8 Å². The summed E-state index contributed by atoms with van der Waals surface area (Å²) in [5, 5.41) is 4.31. The fourth-order valence-electron chi connectivity index (χ4n) is 3.67. The van der Waals surface area contributed by atoms with Gasteiger partial charge in [-0.2, -0.15) is 0 Å². The van der Waals surface area contributed by atoms with Gasteiger partial charge in [-0.3, -0.25) is 0 Å². The number of fused-ring (bicyclic) bond motifs is 1. The van der Waals surface area contributed by atoms with Crippen molar-refractivity contribution in [2.45, 2.75) is 25.8 Å². The van der Waals surface area contributed by atoms with Gasteiger partial charge in [0.1, 0.15) is 12.4 Å². The maximum absolute atomic E-state index is 5.90. The predicted molar refractivity (Wildman–Crippen MR) is 105 cm³/mol. The monoisotopic (exact) mass is 367 g/mol. The standard InChI is InChI=1S/C20H25N5O2/c1-14-11-24(13-22-14)18-6-5-15(9-19(18)26-2)8-16-4-3-7-25-17(10-21)12-27-23-20(16)25/h5-6,8-9,11,13,17H,3-4,7,10,12,21H2,1-2H3/t17-/m0/s1. The zero-order valence-electron chi connectivity index (χ0n) is 15.8. The summed E-state index contributed by atoms with van der Waals surface area (Å²) >= 11 is 0. The van der Waals surface area contributed by atoms with Gasteiger partial charge in [0.2, 0.25) is 0 Å². The molecule has 0 unspecified atom stereocenters. The number of hydrogen-bond acceptors (Lipinski definition) is 6. The van der Waals surface area contributed by atoms with Crippen molar-refractivity contribution in [1.82, 2.24) is 14.5 Å². The molecule has 0 spiro atoms. The van der Waals surface area contributed by atoms with E-state index in [0.717, 1.165) is 47.9 Å². The van der Waals surface area contributed by atoms with E-state index in [1.54, 1.807) is 13.4 Å². The fourth-order valence-corrected chi connectivity index (χ4v) is 3.67. The fraction of sp³-hybridized carbons (Fsp3) is 0.400. The zero-order chi connectivity index (χ0) is 18.8. The first kappa shape index (κ1) is 17.6. The molecule has 27 heavy (non-hydrogen) atoms. The molecule has 2 aromatic rings. The van der Waals surface area contributed by atoms with E-state index in [1.165, 1.54) is 5.57 Å². The number of nitrogens with two attached hydrogens (primary N) is 1. The summed E-state index contributed by atoms with van der Waals surface area (Å²) in [5.74, 6) is 1.72. The Morgan fingerprint density at radius 1 is 1.41 bits per heavy atom. The number of rotatable bonds is 4. The maximum atomic E-state index is 5.90. The number of oxime groups is 1. The van der Waals surface area contributed by atoms with Gasteiger partial charge in [-0.05, 0) is 49.1 Å². The molecule has 2 N–H and O–H groups in total. The highest BCUT2D eigenvalue weighted by atomic mass is 16.6. The summed E-state index contributed by atoms with van der Waals surface area (Å²) in [5.41, 5.74) is 10.1. The van der Waals surface area contributed by atoms with E-state index in [9.17, 15) is 0 Å². The minimum Gasteiger partial charge on any atom is -0.495 e. The van der Waals surface area contributed by atoms with Gasteiger partial charge < -0.3 is 24.8 Å². The lowest BCUT2D eigenvalue weighted by atomic mass is 9.98. The number of methoxy groups -OCH3 is 1. The lowest BCUT2D eigenvalue weighted by Crippen LogP contribution is -2.52. The molecule has 1 saturated heterocycles. The van der Waals surface area contributed by atoms with Gasteiger partial charge in [0, 0.05) is 19.3 Å². The van der Waals surface area contributed by atoms with Gasteiger partial charge in [-0.25, -0.2) is 4.98 Å². The number of aryl methyl sites for hydroxylation is 1. The number of amidine groups is 1. The Kier molecular flexibility index (Phi) is 4.85. The highest BCUT2D eigenvalue weighted by Gasteiger charge is 2.31. The third-order valence-electron chi connectivity index (χ3n) is 5.07. The van der Waals surface area contributed by atoms with Crippen molar-refractivity contribution >= 4 is 11.9 Å². The number of imidazole rings is 1. The van der Waals surface area contributed by atoms with Crippen LogP contribution in [0.2, 0.25) is 0 Å². The third-order valence-corrected chi connectivity index (χ3v) is 5.07. The van der Waals surface area contributed by atoms with E-state index in [4.69, 9.17) is 15.3 Å². The largest absolute Gasteiger partial charge is 0.495 e.